The highest BCUT2D eigenvalue weighted by Crippen LogP contribution is 2.22. The van der Waals surface area contributed by atoms with E-state index in [9.17, 15) is 4.79 Å². The third-order valence-electron chi connectivity index (χ3n) is 3.57. The quantitative estimate of drug-likeness (QED) is 0.875. The molecule has 23 heavy (non-hydrogen) atoms. The maximum absolute atomic E-state index is 12.3. The van der Waals surface area contributed by atoms with Gasteiger partial charge in [0.2, 0.25) is 5.91 Å². The van der Waals surface area contributed by atoms with Gasteiger partial charge >= 0.3 is 0 Å². The van der Waals surface area contributed by atoms with E-state index in [1.807, 2.05) is 31.2 Å². The van der Waals surface area contributed by atoms with Gasteiger partial charge in [0.05, 0.1) is 17.3 Å². The van der Waals surface area contributed by atoms with Crippen LogP contribution in [0, 0.1) is 11.3 Å². The van der Waals surface area contributed by atoms with Gasteiger partial charge < -0.3 is 5.32 Å². The summed E-state index contributed by atoms with van der Waals surface area (Å²) in [5, 5.41) is 15.7. The van der Waals surface area contributed by atoms with E-state index < -0.39 is 6.04 Å². The second kappa shape index (κ2) is 7.77. The number of rotatable bonds is 5. The maximum Gasteiger partial charge on any atom is 0.241 e. The topological polar surface area (TPSA) is 64.9 Å². The zero-order valence-corrected chi connectivity index (χ0v) is 13.8. The van der Waals surface area contributed by atoms with Crippen molar-refractivity contribution in [1.29, 1.82) is 5.26 Å². The molecule has 1 amide bonds. The normalized spacial score (nSPS) is 13.0. The lowest BCUT2D eigenvalue weighted by Crippen LogP contribution is -2.39. The number of carbonyl (C=O) groups excluding carboxylic acids is 1. The number of benzene rings is 2. The molecule has 0 spiro atoms. The van der Waals surface area contributed by atoms with E-state index in [0.29, 0.717) is 16.3 Å². The zero-order valence-electron chi connectivity index (χ0n) is 13.0. The lowest BCUT2D eigenvalue weighted by Gasteiger charge is -2.21. The summed E-state index contributed by atoms with van der Waals surface area (Å²) in [6.07, 6.45) is 0. The minimum absolute atomic E-state index is 0.0735. The molecule has 2 N–H and O–H groups in total. The Labute approximate surface area is 141 Å². The summed E-state index contributed by atoms with van der Waals surface area (Å²) < 4.78 is 0. The second-order valence-corrected chi connectivity index (χ2v) is 5.69. The molecule has 2 aromatic rings. The van der Waals surface area contributed by atoms with Crippen LogP contribution in [-0.2, 0) is 4.79 Å². The van der Waals surface area contributed by atoms with Gasteiger partial charge in [-0.05, 0) is 37.6 Å². The van der Waals surface area contributed by atoms with E-state index in [0.717, 1.165) is 5.56 Å². The predicted octanol–water partition coefficient (Wildman–Crippen LogP) is 3.89. The molecule has 0 aliphatic heterocycles. The van der Waals surface area contributed by atoms with E-state index in [4.69, 9.17) is 16.9 Å². The molecule has 0 fully saturated rings. The van der Waals surface area contributed by atoms with Crippen molar-refractivity contribution in [2.45, 2.75) is 25.9 Å². The van der Waals surface area contributed by atoms with E-state index in [1.165, 1.54) is 0 Å². The largest absolute Gasteiger partial charge is 0.324 e. The number of nitrogens with one attached hydrogen (secondary N) is 2. The van der Waals surface area contributed by atoms with Gasteiger partial charge in [0.15, 0.2) is 0 Å². The SMILES string of the molecule is C[C@H](N[C@H](C)C(=O)Nc1ccccc1C#N)c1ccccc1Cl. The molecule has 0 saturated heterocycles. The molecule has 2 rings (SSSR count). The van der Waals surface area contributed by atoms with Crippen molar-refractivity contribution in [2.24, 2.45) is 0 Å². The number of para-hydroxylation sites is 1. The van der Waals surface area contributed by atoms with Crippen LogP contribution in [0.15, 0.2) is 48.5 Å². The highest BCUT2D eigenvalue weighted by Gasteiger charge is 2.18. The molecule has 0 saturated carbocycles. The van der Waals surface area contributed by atoms with Gasteiger partial charge in [0, 0.05) is 11.1 Å². The number of hydrogen-bond donors (Lipinski definition) is 2. The van der Waals surface area contributed by atoms with Crippen molar-refractivity contribution in [3.8, 4) is 6.07 Å². The Kier molecular flexibility index (Phi) is 5.75. The number of amides is 1. The standard InChI is InChI=1S/C18H18ClN3O/c1-12(15-8-4-5-9-16(15)19)21-13(2)18(23)22-17-10-6-3-7-14(17)11-20/h3-10,12-13,21H,1-2H3,(H,22,23)/t12-,13+/m0/s1. The lowest BCUT2D eigenvalue weighted by molar-refractivity contribution is -0.117. The van der Waals surface area contributed by atoms with Crippen LogP contribution in [-0.4, -0.2) is 11.9 Å². The van der Waals surface area contributed by atoms with Crippen molar-refractivity contribution in [3.05, 3.63) is 64.7 Å². The smallest absolute Gasteiger partial charge is 0.241 e. The highest BCUT2D eigenvalue weighted by atomic mass is 35.5. The Morgan fingerprint density at radius 2 is 1.78 bits per heavy atom. The average Bonchev–Trinajstić information content (AvgIpc) is 2.55. The van der Waals surface area contributed by atoms with Crippen LogP contribution >= 0.6 is 11.6 Å². The third-order valence-corrected chi connectivity index (χ3v) is 3.91. The lowest BCUT2D eigenvalue weighted by atomic mass is 10.1. The first-order valence-corrected chi connectivity index (χ1v) is 7.71. The fourth-order valence-corrected chi connectivity index (χ4v) is 2.60. The zero-order chi connectivity index (χ0) is 16.8. The molecule has 5 heteroatoms. The van der Waals surface area contributed by atoms with Crippen LogP contribution in [0.25, 0.3) is 0 Å². The summed E-state index contributed by atoms with van der Waals surface area (Å²) in [5.74, 6) is -0.202. The van der Waals surface area contributed by atoms with Crippen molar-refractivity contribution >= 4 is 23.2 Å². The monoisotopic (exact) mass is 327 g/mol. The van der Waals surface area contributed by atoms with Gasteiger partial charge in [-0.1, -0.05) is 41.9 Å². The van der Waals surface area contributed by atoms with Crippen LogP contribution in [0.2, 0.25) is 5.02 Å². The maximum atomic E-state index is 12.3. The molecule has 0 aliphatic rings. The molecule has 4 nitrogen and oxygen atoms in total. The first kappa shape index (κ1) is 17.0. The van der Waals surface area contributed by atoms with E-state index in [-0.39, 0.29) is 11.9 Å². The van der Waals surface area contributed by atoms with Crippen molar-refractivity contribution in [2.75, 3.05) is 5.32 Å². The van der Waals surface area contributed by atoms with Gasteiger partial charge in [0.1, 0.15) is 6.07 Å². The Morgan fingerprint density at radius 3 is 2.48 bits per heavy atom. The molecular formula is C18H18ClN3O. The Morgan fingerprint density at radius 1 is 1.13 bits per heavy atom. The number of halogens is 1. The minimum Gasteiger partial charge on any atom is -0.324 e. The van der Waals surface area contributed by atoms with Crippen molar-refractivity contribution in [1.82, 2.24) is 5.32 Å². The van der Waals surface area contributed by atoms with E-state index >= 15 is 0 Å². The first-order chi connectivity index (χ1) is 11.0. The third kappa shape index (κ3) is 4.32. The van der Waals surface area contributed by atoms with Crippen LogP contribution in [0.1, 0.15) is 31.0 Å². The number of nitrogens with zero attached hydrogens (tertiary/aromatic N) is 1. The average molecular weight is 328 g/mol. The van der Waals surface area contributed by atoms with E-state index in [2.05, 4.69) is 16.7 Å². The molecule has 2 aromatic carbocycles. The molecule has 0 unspecified atom stereocenters. The van der Waals surface area contributed by atoms with Crippen LogP contribution in [0.3, 0.4) is 0 Å². The second-order valence-electron chi connectivity index (χ2n) is 5.28. The fraction of sp³-hybridized carbons (Fsp3) is 0.222. The van der Waals surface area contributed by atoms with Gasteiger partial charge in [0.25, 0.3) is 0 Å². The van der Waals surface area contributed by atoms with Gasteiger partial charge in [-0.3, -0.25) is 10.1 Å². The molecule has 0 aliphatic carbocycles. The molecule has 0 radical (unpaired) electrons. The van der Waals surface area contributed by atoms with Crippen LogP contribution < -0.4 is 10.6 Å². The van der Waals surface area contributed by atoms with Crippen molar-refractivity contribution < 1.29 is 4.79 Å². The Bertz CT molecular complexity index is 739. The van der Waals surface area contributed by atoms with Gasteiger partial charge in [-0.15, -0.1) is 0 Å². The Balaban J connectivity index is 2.03. The molecule has 2 atom stereocenters. The summed E-state index contributed by atoms with van der Waals surface area (Å²) in [7, 11) is 0. The summed E-state index contributed by atoms with van der Waals surface area (Å²) in [6, 6.07) is 16.0. The number of carbonyl (C=O) groups is 1. The summed E-state index contributed by atoms with van der Waals surface area (Å²) in [6.45, 7) is 3.73. The summed E-state index contributed by atoms with van der Waals surface area (Å²) >= 11 is 6.17. The Hall–Kier alpha value is -2.35. The predicted molar refractivity (Wildman–Crippen MR) is 92.3 cm³/mol. The minimum atomic E-state index is -0.437. The highest BCUT2D eigenvalue weighted by molar-refractivity contribution is 6.31. The van der Waals surface area contributed by atoms with Crippen molar-refractivity contribution in [3.63, 3.8) is 0 Å². The first-order valence-electron chi connectivity index (χ1n) is 7.33. The molecule has 0 bridgehead atoms. The molecular weight excluding hydrogens is 310 g/mol. The summed E-state index contributed by atoms with van der Waals surface area (Å²) in [4.78, 5) is 12.3. The van der Waals surface area contributed by atoms with Crippen LogP contribution in [0.5, 0.6) is 0 Å². The number of hydrogen-bond acceptors (Lipinski definition) is 3. The fourth-order valence-electron chi connectivity index (χ4n) is 2.30. The number of anilines is 1. The molecule has 0 heterocycles. The van der Waals surface area contributed by atoms with Gasteiger partial charge in [-0.2, -0.15) is 5.26 Å². The van der Waals surface area contributed by atoms with Gasteiger partial charge in [-0.25, -0.2) is 0 Å². The molecule has 118 valence electrons. The van der Waals surface area contributed by atoms with E-state index in [1.54, 1.807) is 31.2 Å². The van der Waals surface area contributed by atoms with Crippen LogP contribution in [0.4, 0.5) is 5.69 Å². The summed E-state index contributed by atoms with van der Waals surface area (Å²) in [5.41, 5.74) is 1.89. The number of nitriles is 1. The molecule has 0 aromatic heterocycles.